The second-order valence-electron chi connectivity index (χ2n) is 5.72. The molecule has 1 fully saturated rings. The molecule has 2 N–H and O–H groups in total. The molecule has 1 aromatic heterocycles. The summed E-state index contributed by atoms with van der Waals surface area (Å²) in [4.78, 5) is 14.5. The molecule has 0 saturated heterocycles. The van der Waals surface area contributed by atoms with Crippen LogP contribution in [0.1, 0.15) is 29.8 Å². The van der Waals surface area contributed by atoms with Gasteiger partial charge < -0.3 is 15.4 Å². The number of methoxy groups -OCH3 is 1. The van der Waals surface area contributed by atoms with Crippen LogP contribution in [0, 0.1) is 5.92 Å². The Hall–Kier alpha value is -1.40. The molecule has 1 atom stereocenters. The van der Waals surface area contributed by atoms with E-state index in [4.69, 9.17) is 10.5 Å². The monoisotopic (exact) mass is 280 g/mol. The maximum Gasteiger partial charge on any atom is 0.186 e. The summed E-state index contributed by atoms with van der Waals surface area (Å²) in [6.45, 7) is 1.48. The van der Waals surface area contributed by atoms with Crippen LogP contribution in [-0.2, 0) is 6.54 Å². The van der Waals surface area contributed by atoms with Crippen molar-refractivity contribution in [3.8, 4) is 5.75 Å². The van der Waals surface area contributed by atoms with Gasteiger partial charge in [-0.25, -0.2) is 0 Å². The van der Waals surface area contributed by atoms with E-state index in [-0.39, 0.29) is 11.8 Å². The van der Waals surface area contributed by atoms with Crippen molar-refractivity contribution in [1.29, 1.82) is 0 Å². The van der Waals surface area contributed by atoms with Crippen LogP contribution < -0.4 is 10.5 Å². The standard InChI is InChI=1S/C14H24N4O2/c1-17(2)6-7-18-14(13(20-3)9-16-18)12(19)8-11(15)10-4-5-10/h9-11H,4-8,15H2,1-3H3. The van der Waals surface area contributed by atoms with E-state index in [1.165, 1.54) is 0 Å². The van der Waals surface area contributed by atoms with Gasteiger partial charge in [-0.3, -0.25) is 9.48 Å². The van der Waals surface area contributed by atoms with E-state index in [0.717, 1.165) is 19.4 Å². The molecule has 0 radical (unpaired) electrons. The third kappa shape index (κ3) is 3.58. The SMILES string of the molecule is COc1cnn(CCN(C)C)c1C(=O)CC(N)C1CC1. The number of nitrogens with two attached hydrogens (primary N) is 1. The van der Waals surface area contributed by atoms with E-state index in [1.54, 1.807) is 18.0 Å². The molecular weight excluding hydrogens is 256 g/mol. The van der Waals surface area contributed by atoms with Crippen molar-refractivity contribution >= 4 is 5.78 Å². The summed E-state index contributed by atoms with van der Waals surface area (Å²) in [7, 11) is 5.54. The Morgan fingerprint density at radius 3 is 2.85 bits per heavy atom. The van der Waals surface area contributed by atoms with Crippen LogP contribution in [0.5, 0.6) is 5.75 Å². The van der Waals surface area contributed by atoms with E-state index in [2.05, 4.69) is 10.00 Å². The molecule has 6 heteroatoms. The van der Waals surface area contributed by atoms with Crippen LogP contribution in [0.2, 0.25) is 0 Å². The van der Waals surface area contributed by atoms with Crippen molar-refractivity contribution in [3.63, 3.8) is 0 Å². The number of hydrogen-bond donors (Lipinski definition) is 1. The Morgan fingerprint density at radius 1 is 1.60 bits per heavy atom. The number of carbonyl (C=O) groups excluding carboxylic acids is 1. The Kier molecular flexibility index (Phi) is 4.77. The minimum absolute atomic E-state index is 0.0255. The van der Waals surface area contributed by atoms with Gasteiger partial charge in [0, 0.05) is 19.0 Å². The molecule has 0 aliphatic heterocycles. The van der Waals surface area contributed by atoms with Crippen molar-refractivity contribution in [2.75, 3.05) is 27.7 Å². The van der Waals surface area contributed by atoms with Crippen molar-refractivity contribution in [2.45, 2.75) is 31.8 Å². The molecular formula is C14H24N4O2. The van der Waals surface area contributed by atoms with Gasteiger partial charge in [0.15, 0.2) is 11.5 Å². The van der Waals surface area contributed by atoms with E-state index >= 15 is 0 Å². The second kappa shape index (κ2) is 6.37. The fourth-order valence-electron chi connectivity index (χ4n) is 2.26. The zero-order chi connectivity index (χ0) is 14.7. The zero-order valence-corrected chi connectivity index (χ0v) is 12.5. The molecule has 0 spiro atoms. The summed E-state index contributed by atoms with van der Waals surface area (Å²) in [6, 6.07) is -0.0376. The molecule has 1 unspecified atom stereocenters. The minimum atomic E-state index is -0.0376. The quantitative estimate of drug-likeness (QED) is 0.712. The maximum absolute atomic E-state index is 12.5. The molecule has 6 nitrogen and oxygen atoms in total. The molecule has 20 heavy (non-hydrogen) atoms. The predicted molar refractivity (Wildman–Crippen MR) is 77.0 cm³/mol. The Balaban J connectivity index is 2.09. The lowest BCUT2D eigenvalue weighted by Gasteiger charge is -2.14. The highest BCUT2D eigenvalue weighted by molar-refractivity contribution is 5.97. The molecule has 0 amide bonds. The highest BCUT2D eigenvalue weighted by atomic mass is 16.5. The summed E-state index contributed by atoms with van der Waals surface area (Å²) < 4.78 is 6.98. The molecule has 1 aliphatic rings. The molecule has 1 aliphatic carbocycles. The maximum atomic E-state index is 12.5. The van der Waals surface area contributed by atoms with Gasteiger partial charge >= 0.3 is 0 Å². The average Bonchev–Trinajstić information content (AvgIpc) is 3.16. The van der Waals surface area contributed by atoms with Crippen molar-refractivity contribution in [1.82, 2.24) is 14.7 Å². The van der Waals surface area contributed by atoms with Gasteiger partial charge in [-0.2, -0.15) is 5.10 Å². The number of Topliss-reactive ketones (excluding diaryl/α,β-unsaturated/α-hetero) is 1. The predicted octanol–water partition coefficient (Wildman–Crippen LogP) is 0.763. The van der Waals surface area contributed by atoms with Crippen LogP contribution in [-0.4, -0.2) is 54.3 Å². The van der Waals surface area contributed by atoms with Crippen molar-refractivity contribution < 1.29 is 9.53 Å². The molecule has 0 bridgehead atoms. The summed E-state index contributed by atoms with van der Waals surface area (Å²) in [5.41, 5.74) is 6.60. The van der Waals surface area contributed by atoms with Gasteiger partial charge in [-0.05, 0) is 32.9 Å². The van der Waals surface area contributed by atoms with Gasteiger partial charge in [0.25, 0.3) is 0 Å². The third-order valence-electron chi connectivity index (χ3n) is 3.70. The number of ketones is 1. The van der Waals surface area contributed by atoms with E-state index < -0.39 is 0 Å². The van der Waals surface area contributed by atoms with Crippen LogP contribution in [0.4, 0.5) is 0 Å². The average molecular weight is 280 g/mol. The second-order valence-corrected chi connectivity index (χ2v) is 5.72. The molecule has 1 saturated carbocycles. The zero-order valence-electron chi connectivity index (χ0n) is 12.5. The highest BCUT2D eigenvalue weighted by Crippen LogP contribution is 2.33. The number of hydrogen-bond acceptors (Lipinski definition) is 5. The lowest BCUT2D eigenvalue weighted by atomic mass is 10.0. The van der Waals surface area contributed by atoms with E-state index in [9.17, 15) is 4.79 Å². The lowest BCUT2D eigenvalue weighted by molar-refractivity contribution is 0.0957. The summed E-state index contributed by atoms with van der Waals surface area (Å²) >= 11 is 0. The molecule has 1 aromatic rings. The van der Waals surface area contributed by atoms with Gasteiger partial charge in [0.1, 0.15) is 5.69 Å². The Labute approximate surface area is 119 Å². The number of likely N-dealkylation sites (N-methyl/N-ethyl adjacent to an activating group) is 1. The first-order valence-corrected chi connectivity index (χ1v) is 7.06. The van der Waals surface area contributed by atoms with Crippen LogP contribution >= 0.6 is 0 Å². The first-order chi connectivity index (χ1) is 9.52. The van der Waals surface area contributed by atoms with E-state index in [1.807, 2.05) is 14.1 Å². The van der Waals surface area contributed by atoms with Gasteiger partial charge in [0.05, 0.1) is 19.9 Å². The first-order valence-electron chi connectivity index (χ1n) is 7.06. The van der Waals surface area contributed by atoms with Gasteiger partial charge in [-0.1, -0.05) is 0 Å². The lowest BCUT2D eigenvalue weighted by Crippen LogP contribution is -2.28. The molecule has 1 heterocycles. The highest BCUT2D eigenvalue weighted by Gasteiger charge is 2.31. The third-order valence-corrected chi connectivity index (χ3v) is 3.70. The number of carbonyl (C=O) groups is 1. The summed E-state index contributed by atoms with van der Waals surface area (Å²) in [6.07, 6.45) is 4.26. The fraction of sp³-hybridized carbons (Fsp3) is 0.714. The van der Waals surface area contributed by atoms with Crippen LogP contribution in [0.3, 0.4) is 0 Å². The van der Waals surface area contributed by atoms with E-state index in [0.29, 0.717) is 30.3 Å². The topological polar surface area (TPSA) is 73.4 Å². The van der Waals surface area contributed by atoms with Crippen LogP contribution in [0.25, 0.3) is 0 Å². The normalized spacial score (nSPS) is 16.4. The number of ether oxygens (including phenoxy) is 1. The molecule has 2 rings (SSSR count). The number of aromatic nitrogens is 2. The minimum Gasteiger partial charge on any atom is -0.493 e. The number of nitrogens with zero attached hydrogens (tertiary/aromatic N) is 3. The summed E-state index contributed by atoms with van der Waals surface area (Å²) in [5, 5.41) is 4.25. The Morgan fingerprint density at radius 2 is 2.30 bits per heavy atom. The van der Waals surface area contributed by atoms with Crippen molar-refractivity contribution in [3.05, 3.63) is 11.9 Å². The van der Waals surface area contributed by atoms with Gasteiger partial charge in [-0.15, -0.1) is 0 Å². The van der Waals surface area contributed by atoms with Gasteiger partial charge in [0.2, 0.25) is 0 Å². The Bertz CT molecular complexity index is 466. The fourth-order valence-corrected chi connectivity index (χ4v) is 2.26. The summed E-state index contributed by atoms with van der Waals surface area (Å²) in [5.74, 6) is 1.08. The largest absolute Gasteiger partial charge is 0.493 e. The first kappa shape index (κ1) is 15.0. The smallest absolute Gasteiger partial charge is 0.186 e. The van der Waals surface area contributed by atoms with Crippen molar-refractivity contribution in [2.24, 2.45) is 11.7 Å². The number of rotatable bonds is 8. The van der Waals surface area contributed by atoms with Crippen LogP contribution in [0.15, 0.2) is 6.20 Å². The molecule has 0 aromatic carbocycles. The molecule has 112 valence electrons.